The van der Waals surface area contributed by atoms with E-state index in [0.717, 1.165) is 25.8 Å². The molecule has 0 spiro atoms. The number of hydrogen-bond donors (Lipinski definition) is 2. The molecule has 0 aliphatic rings. The van der Waals surface area contributed by atoms with Crippen molar-refractivity contribution < 1.29 is 4.79 Å². The number of amides is 1. The van der Waals surface area contributed by atoms with Crippen LogP contribution < -0.4 is 26.5 Å². The normalized spacial score (nSPS) is 12.3. The molecular formula is C31H43N2OP. The zero-order valence-corrected chi connectivity index (χ0v) is 22.7. The van der Waals surface area contributed by atoms with E-state index in [1.807, 2.05) is 0 Å². The Hall–Kier alpha value is -2.48. The second-order valence-corrected chi connectivity index (χ2v) is 14.5. The number of unbranched alkanes of at least 4 members (excludes halogenated alkanes) is 3. The van der Waals surface area contributed by atoms with Crippen molar-refractivity contribution >= 4 is 29.1 Å². The molecule has 0 atom stereocenters. The summed E-state index contributed by atoms with van der Waals surface area (Å²) in [7, 11) is -2.13. The third-order valence-corrected chi connectivity index (χ3v) is 11.7. The van der Waals surface area contributed by atoms with Crippen LogP contribution in [0.3, 0.4) is 0 Å². The molecule has 3 rings (SSSR count). The summed E-state index contributed by atoms with van der Waals surface area (Å²) in [5, 5.41) is 10.9. The summed E-state index contributed by atoms with van der Waals surface area (Å²) in [6.07, 6.45) is 6.16. The van der Waals surface area contributed by atoms with Gasteiger partial charge in [-0.15, -0.1) is 0 Å². The van der Waals surface area contributed by atoms with Gasteiger partial charge in [-0.1, -0.05) is 0 Å². The molecule has 35 heavy (non-hydrogen) atoms. The van der Waals surface area contributed by atoms with Crippen LogP contribution in [0, 0.1) is 0 Å². The van der Waals surface area contributed by atoms with E-state index in [-0.39, 0.29) is 11.4 Å². The molecule has 3 nitrogen and oxygen atoms in total. The zero-order valence-electron chi connectivity index (χ0n) is 21.7. The predicted molar refractivity (Wildman–Crippen MR) is 155 cm³/mol. The van der Waals surface area contributed by atoms with Gasteiger partial charge in [0.2, 0.25) is 0 Å². The van der Waals surface area contributed by atoms with Gasteiger partial charge in [0.15, 0.2) is 0 Å². The quantitative estimate of drug-likeness (QED) is 0.256. The minimum atomic E-state index is -2.13. The number of benzene rings is 3. The fourth-order valence-corrected chi connectivity index (χ4v) is 9.79. The summed E-state index contributed by atoms with van der Waals surface area (Å²) in [4.78, 5) is 12.2. The molecule has 3 aromatic rings. The third-order valence-electron chi connectivity index (χ3n) is 6.61. The van der Waals surface area contributed by atoms with Gasteiger partial charge in [-0.05, 0) is 20.8 Å². The maximum absolute atomic E-state index is 12.2. The van der Waals surface area contributed by atoms with Crippen molar-refractivity contribution in [1.29, 1.82) is 0 Å². The third kappa shape index (κ3) is 8.30. The second kappa shape index (κ2) is 13.6. The number of carbonyl (C=O) groups is 1. The maximum atomic E-state index is 12.2. The Morgan fingerprint density at radius 1 is 0.657 bits per heavy atom. The molecular weight excluding hydrogens is 447 g/mol. The second-order valence-electron chi connectivity index (χ2n) is 10.4. The summed E-state index contributed by atoms with van der Waals surface area (Å²) in [6.45, 7) is 7.91. The van der Waals surface area contributed by atoms with Gasteiger partial charge in [0, 0.05) is 0 Å². The summed E-state index contributed by atoms with van der Waals surface area (Å²) < 4.78 is 0. The van der Waals surface area contributed by atoms with Gasteiger partial charge in [-0.3, -0.25) is 0 Å². The van der Waals surface area contributed by atoms with Crippen LogP contribution in [0.25, 0.3) is 0 Å². The average molecular weight is 491 g/mol. The Morgan fingerprint density at radius 3 is 1.57 bits per heavy atom. The molecule has 0 unspecified atom stereocenters. The average Bonchev–Trinajstić information content (AvgIpc) is 2.87. The molecule has 0 aliphatic carbocycles. The first-order chi connectivity index (χ1) is 16.9. The molecule has 4 heteroatoms. The molecule has 0 fully saturated rings. The summed E-state index contributed by atoms with van der Waals surface area (Å²) in [5.41, 5.74) is 0.0858. The van der Waals surface area contributed by atoms with Gasteiger partial charge in [-0.25, -0.2) is 0 Å². The number of nitrogens with one attached hydrogen (secondary N) is 2. The van der Waals surface area contributed by atoms with Gasteiger partial charge in [0.25, 0.3) is 0 Å². The fraction of sp³-hybridized carbons (Fsp3) is 0.387. The van der Waals surface area contributed by atoms with Gasteiger partial charge in [0.05, 0.1) is 0 Å². The van der Waals surface area contributed by atoms with Crippen molar-refractivity contribution in [2.75, 3.05) is 19.3 Å². The van der Waals surface area contributed by atoms with Crippen LogP contribution in [-0.2, 0) is 4.79 Å². The fourth-order valence-electron chi connectivity index (χ4n) is 4.86. The van der Waals surface area contributed by atoms with Crippen molar-refractivity contribution in [3.8, 4) is 0 Å². The number of rotatable bonds is 13. The molecule has 3 aromatic carbocycles. The molecule has 188 valence electrons. The van der Waals surface area contributed by atoms with E-state index in [2.05, 4.69) is 122 Å². The van der Waals surface area contributed by atoms with Crippen molar-refractivity contribution in [3.05, 3.63) is 91.0 Å². The topological polar surface area (TPSA) is 41.1 Å². The van der Waals surface area contributed by atoms with Gasteiger partial charge in [0.1, 0.15) is 0 Å². The van der Waals surface area contributed by atoms with Crippen LogP contribution in [0.4, 0.5) is 0 Å². The van der Waals surface area contributed by atoms with Gasteiger partial charge < -0.3 is 0 Å². The van der Waals surface area contributed by atoms with Crippen LogP contribution in [-0.4, -0.2) is 30.7 Å². The summed E-state index contributed by atoms with van der Waals surface area (Å²) in [5.74, 6) is 0.169. The summed E-state index contributed by atoms with van der Waals surface area (Å²) >= 11 is 0. The molecule has 0 saturated carbocycles. The minimum absolute atomic E-state index is 0.0858. The molecule has 1 amide bonds. The van der Waals surface area contributed by atoms with Crippen molar-refractivity contribution in [3.63, 3.8) is 0 Å². The van der Waals surface area contributed by atoms with E-state index in [0.29, 0.717) is 13.0 Å². The Bertz CT molecular complexity index is 904. The zero-order chi connectivity index (χ0) is 25.0. The van der Waals surface area contributed by atoms with E-state index < -0.39 is 7.26 Å². The van der Waals surface area contributed by atoms with Crippen molar-refractivity contribution in [1.82, 2.24) is 10.6 Å². The van der Waals surface area contributed by atoms with Crippen LogP contribution in [0.2, 0.25) is 0 Å². The Labute approximate surface area is 213 Å². The van der Waals surface area contributed by atoms with Crippen molar-refractivity contribution in [2.45, 2.75) is 58.4 Å². The first-order valence-electron chi connectivity index (χ1n) is 13.1. The first kappa shape index (κ1) is 27.1. The molecule has 0 bridgehead atoms. The molecule has 0 radical (unpaired) electrons. The van der Waals surface area contributed by atoms with E-state index in [1.54, 1.807) is 0 Å². The Balaban J connectivity index is 1.59. The SMILES string of the molecule is CC(C)(C)NCCNC(=O)CCCCCC[PH](c1ccccc1)(c1ccccc1)c1ccccc1. The van der Waals surface area contributed by atoms with Gasteiger partial charge >= 0.3 is 192 Å². The molecule has 0 saturated heterocycles. The molecule has 0 aromatic heterocycles. The van der Waals surface area contributed by atoms with Crippen LogP contribution in [0.1, 0.15) is 52.9 Å². The number of carbonyl (C=O) groups excluding carboxylic acids is 1. The van der Waals surface area contributed by atoms with Crippen molar-refractivity contribution in [2.24, 2.45) is 0 Å². The predicted octanol–water partition coefficient (Wildman–Crippen LogP) is 5.17. The van der Waals surface area contributed by atoms with Gasteiger partial charge in [-0.2, -0.15) is 0 Å². The number of hydrogen-bond acceptors (Lipinski definition) is 2. The monoisotopic (exact) mass is 490 g/mol. The Morgan fingerprint density at radius 2 is 1.11 bits per heavy atom. The van der Waals surface area contributed by atoms with Crippen LogP contribution in [0.15, 0.2) is 91.0 Å². The molecule has 0 aliphatic heterocycles. The van der Waals surface area contributed by atoms with Crippen LogP contribution in [0.5, 0.6) is 0 Å². The first-order valence-corrected chi connectivity index (χ1v) is 15.3. The Kier molecular flexibility index (Phi) is 10.5. The molecule has 2 N–H and O–H groups in total. The van der Waals surface area contributed by atoms with E-state index in [9.17, 15) is 4.79 Å². The molecule has 0 heterocycles. The summed E-state index contributed by atoms with van der Waals surface area (Å²) in [6, 6.07) is 33.4. The van der Waals surface area contributed by atoms with E-state index >= 15 is 0 Å². The standard InChI is InChI=1S/C31H43N2OP/c1-31(2,3)33-25-24-32-30(34)23-15-4-5-16-26-35(27-17-9-6-10-18-27,28-19-11-7-12-20-28)29-21-13-8-14-22-29/h6-14,17-22,33,35H,4-5,15-16,23-26H2,1-3H3,(H,32,34). The van der Waals surface area contributed by atoms with E-state index in [1.165, 1.54) is 28.5 Å². The van der Waals surface area contributed by atoms with Crippen LogP contribution >= 0.6 is 7.26 Å². The van der Waals surface area contributed by atoms with E-state index in [4.69, 9.17) is 0 Å².